The third-order valence-corrected chi connectivity index (χ3v) is 6.25. The molecule has 31 heavy (non-hydrogen) atoms. The van der Waals surface area contributed by atoms with Crippen LogP contribution in [0.5, 0.6) is 5.75 Å². The number of aromatic nitrogens is 4. The summed E-state index contributed by atoms with van der Waals surface area (Å²) in [7, 11) is 1.64. The lowest BCUT2D eigenvalue weighted by Crippen LogP contribution is -2.36. The summed E-state index contributed by atoms with van der Waals surface area (Å²) in [6, 6.07) is 19.5. The molecule has 0 saturated carbocycles. The van der Waals surface area contributed by atoms with Crippen LogP contribution in [0.3, 0.4) is 0 Å². The van der Waals surface area contributed by atoms with Gasteiger partial charge in [-0.15, -0.1) is 10.2 Å². The molecule has 5 rings (SSSR count). The molecule has 2 aromatic carbocycles. The van der Waals surface area contributed by atoms with Gasteiger partial charge in [-0.25, -0.2) is 0 Å². The Balaban J connectivity index is 1.35. The van der Waals surface area contributed by atoms with Gasteiger partial charge in [-0.05, 0) is 60.9 Å². The average Bonchev–Trinajstić information content (AvgIpc) is 3.25. The molecular weight excluding hydrogens is 410 g/mol. The van der Waals surface area contributed by atoms with Gasteiger partial charge in [-0.1, -0.05) is 30.0 Å². The van der Waals surface area contributed by atoms with Crippen molar-refractivity contribution in [3.8, 4) is 17.1 Å². The van der Waals surface area contributed by atoms with E-state index in [-0.39, 0.29) is 5.91 Å². The Morgan fingerprint density at radius 3 is 2.74 bits per heavy atom. The van der Waals surface area contributed by atoms with Gasteiger partial charge in [0.05, 0.1) is 12.9 Å². The van der Waals surface area contributed by atoms with Crippen molar-refractivity contribution in [2.75, 3.05) is 24.3 Å². The molecule has 0 radical (unpaired) electrons. The summed E-state index contributed by atoms with van der Waals surface area (Å²) < 4.78 is 6.93. The number of carbonyl (C=O) groups excluding carboxylic acids is 1. The molecule has 7 nitrogen and oxygen atoms in total. The van der Waals surface area contributed by atoms with Gasteiger partial charge >= 0.3 is 0 Å². The van der Waals surface area contributed by atoms with E-state index in [1.54, 1.807) is 11.6 Å². The lowest BCUT2D eigenvalue weighted by Gasteiger charge is -2.29. The quantitative estimate of drug-likeness (QED) is 0.447. The fourth-order valence-electron chi connectivity index (χ4n) is 3.78. The largest absolute Gasteiger partial charge is 0.497 e. The summed E-state index contributed by atoms with van der Waals surface area (Å²) in [4.78, 5) is 14.8. The van der Waals surface area contributed by atoms with Crippen molar-refractivity contribution in [2.45, 2.75) is 17.9 Å². The number of thioether (sulfide) groups is 1. The fraction of sp³-hybridized carbons (Fsp3) is 0.217. The summed E-state index contributed by atoms with van der Waals surface area (Å²) in [5.74, 6) is 1.85. The molecule has 0 unspecified atom stereocenters. The maximum atomic E-state index is 12.9. The minimum Gasteiger partial charge on any atom is -0.497 e. The van der Waals surface area contributed by atoms with Crippen molar-refractivity contribution in [1.82, 2.24) is 19.8 Å². The summed E-state index contributed by atoms with van der Waals surface area (Å²) in [5, 5.41) is 13.9. The van der Waals surface area contributed by atoms with Crippen molar-refractivity contribution < 1.29 is 9.53 Å². The number of benzene rings is 2. The summed E-state index contributed by atoms with van der Waals surface area (Å²) in [5.41, 5.74) is 3.82. The van der Waals surface area contributed by atoms with Gasteiger partial charge in [0.15, 0.2) is 11.5 Å². The van der Waals surface area contributed by atoms with Crippen molar-refractivity contribution >= 4 is 29.0 Å². The highest BCUT2D eigenvalue weighted by Gasteiger charge is 2.22. The Morgan fingerprint density at radius 2 is 1.90 bits per heavy atom. The number of methoxy groups -OCH3 is 1. The fourth-order valence-corrected chi connectivity index (χ4v) is 4.51. The van der Waals surface area contributed by atoms with E-state index in [0.29, 0.717) is 17.2 Å². The molecule has 8 heteroatoms. The predicted octanol–water partition coefficient (Wildman–Crippen LogP) is 3.87. The third kappa shape index (κ3) is 3.86. The van der Waals surface area contributed by atoms with Gasteiger partial charge in [0.2, 0.25) is 5.91 Å². The SMILES string of the molecule is COc1ccc(-c2nnc3ccc(SCC(=O)N4CCCc5ccccc54)nn23)cc1. The molecule has 2 aromatic heterocycles. The number of carbonyl (C=O) groups is 1. The molecule has 1 aliphatic heterocycles. The molecule has 0 fully saturated rings. The van der Waals surface area contributed by atoms with Crippen LogP contribution >= 0.6 is 11.8 Å². The molecule has 4 aromatic rings. The summed E-state index contributed by atoms with van der Waals surface area (Å²) in [6.07, 6.45) is 2.01. The second-order valence-corrected chi connectivity index (χ2v) is 8.26. The van der Waals surface area contributed by atoms with E-state index in [1.165, 1.54) is 17.3 Å². The molecule has 1 aliphatic rings. The first kappa shape index (κ1) is 19.6. The zero-order chi connectivity index (χ0) is 21.2. The maximum absolute atomic E-state index is 12.9. The smallest absolute Gasteiger partial charge is 0.237 e. The maximum Gasteiger partial charge on any atom is 0.237 e. The zero-order valence-corrected chi connectivity index (χ0v) is 17.9. The molecule has 0 bridgehead atoms. The van der Waals surface area contributed by atoms with Crippen LogP contribution in [0.4, 0.5) is 5.69 Å². The van der Waals surface area contributed by atoms with Crippen LogP contribution in [0.2, 0.25) is 0 Å². The van der Waals surface area contributed by atoms with Gasteiger partial charge < -0.3 is 9.64 Å². The zero-order valence-electron chi connectivity index (χ0n) is 17.1. The molecule has 0 N–H and O–H groups in total. The third-order valence-electron chi connectivity index (χ3n) is 5.34. The van der Waals surface area contributed by atoms with E-state index < -0.39 is 0 Å². The molecule has 3 heterocycles. The number of hydrogen-bond acceptors (Lipinski definition) is 6. The normalized spacial score (nSPS) is 13.3. The Morgan fingerprint density at radius 1 is 1.06 bits per heavy atom. The first-order valence-corrected chi connectivity index (χ1v) is 11.1. The Bertz CT molecular complexity index is 1240. The standard InChI is InChI=1S/C23H21N5O2S/c1-30-18-10-8-17(9-11-18)23-25-24-20-12-13-21(26-28(20)23)31-15-22(29)27-14-4-6-16-5-2-3-7-19(16)27/h2-3,5,7-13H,4,6,14-15H2,1H3. The highest BCUT2D eigenvalue weighted by atomic mass is 32.2. The van der Waals surface area contributed by atoms with Gasteiger partial charge in [0, 0.05) is 17.8 Å². The monoisotopic (exact) mass is 431 g/mol. The van der Waals surface area contributed by atoms with Crippen LogP contribution in [0.15, 0.2) is 65.7 Å². The van der Waals surface area contributed by atoms with Crippen molar-refractivity contribution in [2.24, 2.45) is 0 Å². The van der Waals surface area contributed by atoms with Crippen LogP contribution in [-0.4, -0.2) is 45.1 Å². The Kier molecular flexibility index (Phi) is 5.30. The first-order valence-electron chi connectivity index (χ1n) is 10.1. The molecule has 0 aliphatic carbocycles. The number of ether oxygens (including phenoxy) is 1. The summed E-state index contributed by atoms with van der Waals surface area (Å²) in [6.45, 7) is 0.760. The van der Waals surface area contributed by atoms with E-state index in [9.17, 15) is 4.79 Å². The number of hydrogen-bond donors (Lipinski definition) is 0. The van der Waals surface area contributed by atoms with Crippen LogP contribution < -0.4 is 9.64 Å². The van der Waals surface area contributed by atoms with Gasteiger partial charge in [-0.2, -0.15) is 9.61 Å². The minimum atomic E-state index is 0.0955. The van der Waals surface area contributed by atoms with E-state index in [1.807, 2.05) is 59.5 Å². The van der Waals surface area contributed by atoms with Crippen molar-refractivity contribution in [1.29, 1.82) is 0 Å². The second-order valence-electron chi connectivity index (χ2n) is 7.26. The van der Waals surface area contributed by atoms with Crippen molar-refractivity contribution in [3.05, 3.63) is 66.2 Å². The van der Waals surface area contributed by atoms with Crippen LogP contribution in [0.1, 0.15) is 12.0 Å². The second kappa shape index (κ2) is 8.39. The van der Waals surface area contributed by atoms with Gasteiger partial charge in [-0.3, -0.25) is 4.79 Å². The topological polar surface area (TPSA) is 72.6 Å². The predicted molar refractivity (Wildman–Crippen MR) is 121 cm³/mol. The van der Waals surface area contributed by atoms with E-state index >= 15 is 0 Å². The summed E-state index contributed by atoms with van der Waals surface area (Å²) >= 11 is 1.43. The lowest BCUT2D eigenvalue weighted by atomic mass is 10.0. The molecule has 156 valence electrons. The highest BCUT2D eigenvalue weighted by Crippen LogP contribution is 2.28. The van der Waals surface area contributed by atoms with Crippen LogP contribution in [0.25, 0.3) is 17.0 Å². The number of amides is 1. The number of nitrogens with zero attached hydrogens (tertiary/aromatic N) is 5. The molecule has 0 saturated heterocycles. The first-order chi connectivity index (χ1) is 15.2. The highest BCUT2D eigenvalue weighted by molar-refractivity contribution is 7.99. The molecule has 1 amide bonds. The number of aryl methyl sites for hydroxylation is 1. The number of fused-ring (bicyclic) bond motifs is 2. The van der Waals surface area contributed by atoms with Crippen LogP contribution in [0, 0.1) is 0 Å². The number of rotatable bonds is 5. The van der Waals surface area contributed by atoms with E-state index in [2.05, 4.69) is 21.4 Å². The van der Waals surface area contributed by atoms with E-state index in [0.717, 1.165) is 41.4 Å². The lowest BCUT2D eigenvalue weighted by molar-refractivity contribution is -0.116. The van der Waals surface area contributed by atoms with E-state index in [4.69, 9.17) is 4.74 Å². The Hall–Kier alpha value is -3.39. The molecular formula is C23H21N5O2S. The molecule has 0 spiro atoms. The average molecular weight is 432 g/mol. The molecule has 0 atom stereocenters. The number of anilines is 1. The van der Waals surface area contributed by atoms with Crippen molar-refractivity contribution in [3.63, 3.8) is 0 Å². The minimum absolute atomic E-state index is 0.0955. The van der Waals surface area contributed by atoms with Crippen LogP contribution in [-0.2, 0) is 11.2 Å². The van der Waals surface area contributed by atoms with Gasteiger partial charge in [0.25, 0.3) is 0 Å². The Labute approximate surface area is 184 Å². The van der Waals surface area contributed by atoms with Gasteiger partial charge in [0.1, 0.15) is 10.8 Å². The number of para-hydroxylation sites is 1.